The summed E-state index contributed by atoms with van der Waals surface area (Å²) in [5, 5.41) is 4.21. The summed E-state index contributed by atoms with van der Waals surface area (Å²) in [6.07, 6.45) is 7.72. The van der Waals surface area contributed by atoms with Gasteiger partial charge < -0.3 is 9.47 Å². The first-order valence-electron chi connectivity index (χ1n) is 6.22. The molecule has 0 aromatic carbocycles. The van der Waals surface area contributed by atoms with Crippen molar-refractivity contribution < 1.29 is 4.79 Å². The molecule has 5 nitrogen and oxygen atoms in total. The topological polar surface area (TPSA) is 43.1 Å². The Hall–Kier alpha value is -2.04. The predicted octanol–water partition coefficient (Wildman–Crippen LogP) is 1.45. The minimum atomic E-state index is 0.0873. The van der Waals surface area contributed by atoms with Crippen molar-refractivity contribution >= 4 is 5.91 Å². The molecule has 1 fully saturated rings. The minimum Gasteiger partial charge on any atom is -0.338 e. The quantitative estimate of drug-likeness (QED) is 0.802. The van der Waals surface area contributed by atoms with Crippen LogP contribution in [0.15, 0.2) is 30.7 Å². The lowest BCUT2D eigenvalue weighted by atomic mass is 10.3. The fourth-order valence-corrected chi connectivity index (χ4v) is 2.45. The number of carbonyl (C=O) groups excluding carboxylic acids is 1. The van der Waals surface area contributed by atoms with E-state index in [1.54, 1.807) is 10.9 Å². The Kier molecular flexibility index (Phi) is 2.66. The lowest BCUT2D eigenvalue weighted by Gasteiger charge is -2.15. The first kappa shape index (κ1) is 11.1. The second-order valence-corrected chi connectivity index (χ2v) is 4.60. The summed E-state index contributed by atoms with van der Waals surface area (Å²) in [5.41, 5.74) is 0.676. The van der Waals surface area contributed by atoms with Gasteiger partial charge >= 0.3 is 0 Å². The Morgan fingerprint density at radius 1 is 1.22 bits per heavy atom. The van der Waals surface area contributed by atoms with Crippen LogP contribution in [-0.2, 0) is 7.05 Å². The summed E-state index contributed by atoms with van der Waals surface area (Å²) in [4.78, 5) is 14.3. The number of carbonyl (C=O) groups is 1. The SMILES string of the molecule is Cn1ncc(C(=O)N2CCCC2)c1-n1cccc1. The average molecular weight is 244 g/mol. The molecule has 1 aliphatic rings. The molecule has 3 heterocycles. The smallest absolute Gasteiger partial charge is 0.259 e. The molecule has 2 aromatic rings. The van der Waals surface area contributed by atoms with E-state index in [9.17, 15) is 4.79 Å². The molecule has 3 rings (SSSR count). The van der Waals surface area contributed by atoms with E-state index in [0.29, 0.717) is 5.56 Å². The Morgan fingerprint density at radius 3 is 2.56 bits per heavy atom. The van der Waals surface area contributed by atoms with Gasteiger partial charge in [-0.25, -0.2) is 0 Å². The second kappa shape index (κ2) is 4.33. The van der Waals surface area contributed by atoms with Crippen molar-refractivity contribution in [2.75, 3.05) is 13.1 Å². The molecule has 0 atom stereocenters. The lowest BCUT2D eigenvalue weighted by molar-refractivity contribution is 0.0792. The lowest BCUT2D eigenvalue weighted by Crippen LogP contribution is -2.28. The maximum atomic E-state index is 12.4. The van der Waals surface area contributed by atoms with Gasteiger partial charge in [0, 0.05) is 32.5 Å². The fraction of sp³-hybridized carbons (Fsp3) is 0.385. The van der Waals surface area contributed by atoms with Crippen LogP contribution in [0, 0.1) is 0 Å². The molecule has 0 radical (unpaired) electrons. The van der Waals surface area contributed by atoms with Crippen molar-refractivity contribution in [1.29, 1.82) is 0 Å². The number of likely N-dealkylation sites (tertiary alicyclic amines) is 1. The summed E-state index contributed by atoms with van der Waals surface area (Å²) in [7, 11) is 1.86. The third-order valence-electron chi connectivity index (χ3n) is 3.38. The van der Waals surface area contributed by atoms with Gasteiger partial charge in [0.1, 0.15) is 11.4 Å². The Morgan fingerprint density at radius 2 is 1.89 bits per heavy atom. The summed E-state index contributed by atoms with van der Waals surface area (Å²) < 4.78 is 3.67. The van der Waals surface area contributed by atoms with Crippen molar-refractivity contribution in [3.8, 4) is 5.82 Å². The van der Waals surface area contributed by atoms with Gasteiger partial charge in [-0.1, -0.05) is 0 Å². The normalized spacial score (nSPS) is 15.3. The van der Waals surface area contributed by atoms with E-state index in [1.807, 2.05) is 41.0 Å². The van der Waals surface area contributed by atoms with Crippen LogP contribution in [0.2, 0.25) is 0 Å². The number of amides is 1. The van der Waals surface area contributed by atoms with E-state index in [1.165, 1.54) is 0 Å². The van der Waals surface area contributed by atoms with Crippen LogP contribution < -0.4 is 0 Å². The summed E-state index contributed by atoms with van der Waals surface area (Å²) >= 11 is 0. The Labute approximate surface area is 106 Å². The molecule has 18 heavy (non-hydrogen) atoms. The molecular formula is C13H16N4O. The van der Waals surface area contributed by atoms with E-state index in [4.69, 9.17) is 0 Å². The van der Waals surface area contributed by atoms with Gasteiger partial charge in [-0.05, 0) is 25.0 Å². The van der Waals surface area contributed by atoms with Crippen LogP contribution in [0.4, 0.5) is 0 Å². The number of hydrogen-bond acceptors (Lipinski definition) is 2. The van der Waals surface area contributed by atoms with Crippen LogP contribution in [0.1, 0.15) is 23.2 Å². The molecule has 0 saturated carbocycles. The van der Waals surface area contributed by atoms with E-state index in [2.05, 4.69) is 5.10 Å². The molecule has 0 aliphatic carbocycles. The zero-order valence-corrected chi connectivity index (χ0v) is 10.4. The maximum Gasteiger partial charge on any atom is 0.259 e. The van der Waals surface area contributed by atoms with Gasteiger partial charge in [-0.3, -0.25) is 9.48 Å². The van der Waals surface area contributed by atoms with Gasteiger partial charge in [0.15, 0.2) is 0 Å². The highest BCUT2D eigenvalue weighted by Gasteiger charge is 2.24. The van der Waals surface area contributed by atoms with Crippen LogP contribution in [0.3, 0.4) is 0 Å². The van der Waals surface area contributed by atoms with Gasteiger partial charge in [0.25, 0.3) is 5.91 Å². The number of hydrogen-bond donors (Lipinski definition) is 0. The molecule has 2 aromatic heterocycles. The number of aryl methyl sites for hydroxylation is 1. The highest BCUT2D eigenvalue weighted by Crippen LogP contribution is 2.18. The van der Waals surface area contributed by atoms with Crippen molar-refractivity contribution in [3.63, 3.8) is 0 Å². The van der Waals surface area contributed by atoms with Crippen LogP contribution in [0.5, 0.6) is 0 Å². The van der Waals surface area contributed by atoms with Crippen molar-refractivity contribution in [2.45, 2.75) is 12.8 Å². The zero-order valence-electron chi connectivity index (χ0n) is 10.4. The summed E-state index contributed by atoms with van der Waals surface area (Å²) in [6, 6.07) is 3.88. The molecule has 0 spiro atoms. The fourth-order valence-electron chi connectivity index (χ4n) is 2.45. The molecule has 0 unspecified atom stereocenters. The Bertz CT molecular complexity index is 550. The average Bonchev–Trinajstić information content (AvgIpc) is 3.09. The molecule has 5 heteroatoms. The van der Waals surface area contributed by atoms with Crippen LogP contribution in [0.25, 0.3) is 5.82 Å². The van der Waals surface area contributed by atoms with Crippen molar-refractivity contribution in [2.24, 2.45) is 7.05 Å². The molecule has 94 valence electrons. The van der Waals surface area contributed by atoms with Crippen molar-refractivity contribution in [3.05, 3.63) is 36.3 Å². The second-order valence-electron chi connectivity index (χ2n) is 4.60. The molecular weight excluding hydrogens is 228 g/mol. The molecule has 0 bridgehead atoms. The van der Waals surface area contributed by atoms with Crippen LogP contribution >= 0.6 is 0 Å². The number of nitrogens with zero attached hydrogens (tertiary/aromatic N) is 4. The van der Waals surface area contributed by atoms with Gasteiger partial charge in [-0.15, -0.1) is 0 Å². The highest BCUT2D eigenvalue weighted by molar-refractivity contribution is 5.97. The van der Waals surface area contributed by atoms with E-state index < -0.39 is 0 Å². The van der Waals surface area contributed by atoms with E-state index >= 15 is 0 Å². The molecule has 1 amide bonds. The number of aromatic nitrogens is 3. The van der Waals surface area contributed by atoms with Gasteiger partial charge in [-0.2, -0.15) is 5.10 Å². The van der Waals surface area contributed by atoms with Gasteiger partial charge in [0.2, 0.25) is 0 Å². The minimum absolute atomic E-state index is 0.0873. The van der Waals surface area contributed by atoms with E-state index in [-0.39, 0.29) is 5.91 Å². The van der Waals surface area contributed by atoms with E-state index in [0.717, 1.165) is 31.7 Å². The first-order chi connectivity index (χ1) is 8.77. The van der Waals surface area contributed by atoms with Crippen LogP contribution in [-0.4, -0.2) is 38.2 Å². The third-order valence-corrected chi connectivity index (χ3v) is 3.38. The monoisotopic (exact) mass is 244 g/mol. The largest absolute Gasteiger partial charge is 0.338 e. The molecule has 1 saturated heterocycles. The first-order valence-corrected chi connectivity index (χ1v) is 6.22. The highest BCUT2D eigenvalue weighted by atomic mass is 16.2. The predicted molar refractivity (Wildman–Crippen MR) is 67.7 cm³/mol. The molecule has 1 aliphatic heterocycles. The standard InChI is InChI=1S/C13H16N4O/c1-15-12(16-6-2-3-7-16)11(10-14-15)13(18)17-8-4-5-9-17/h2-3,6-7,10H,4-5,8-9H2,1H3. The molecule has 0 N–H and O–H groups in total. The number of rotatable bonds is 2. The van der Waals surface area contributed by atoms with Crippen molar-refractivity contribution in [1.82, 2.24) is 19.2 Å². The maximum absolute atomic E-state index is 12.4. The Balaban J connectivity index is 2.00. The third kappa shape index (κ3) is 1.72. The summed E-state index contributed by atoms with van der Waals surface area (Å²) in [6.45, 7) is 1.72. The van der Waals surface area contributed by atoms with Gasteiger partial charge in [0.05, 0.1) is 6.20 Å². The summed E-state index contributed by atoms with van der Waals surface area (Å²) in [5.74, 6) is 0.918. The zero-order chi connectivity index (χ0) is 12.5.